The van der Waals surface area contributed by atoms with Crippen molar-refractivity contribution >= 4 is 17.2 Å². The van der Waals surface area contributed by atoms with Gasteiger partial charge in [-0.05, 0) is 87.6 Å². The lowest BCUT2D eigenvalue weighted by molar-refractivity contribution is 0.234. The Labute approximate surface area is 204 Å². The second-order valence-corrected chi connectivity index (χ2v) is 9.74. The Bertz CT molecular complexity index is 1060. The van der Waals surface area contributed by atoms with E-state index in [1.807, 2.05) is 17.6 Å². The van der Waals surface area contributed by atoms with Crippen molar-refractivity contribution < 1.29 is 14.7 Å². The van der Waals surface area contributed by atoms with E-state index >= 15 is 0 Å². The predicted molar refractivity (Wildman–Crippen MR) is 135 cm³/mol. The van der Waals surface area contributed by atoms with Gasteiger partial charge >= 0.3 is 0 Å². The first kappa shape index (κ1) is 24.2. The number of aromatic nitrogens is 1. The van der Waals surface area contributed by atoms with Crippen molar-refractivity contribution in [2.45, 2.75) is 51.6 Å². The van der Waals surface area contributed by atoms with Crippen LogP contribution in [0.25, 0.3) is 11.3 Å². The van der Waals surface area contributed by atoms with E-state index in [1.54, 1.807) is 35.6 Å². The van der Waals surface area contributed by atoms with Crippen LogP contribution in [0.5, 0.6) is 11.5 Å². The summed E-state index contributed by atoms with van der Waals surface area (Å²) in [7, 11) is 0. The number of hydrogen-bond acceptors (Lipinski definition) is 7. The minimum absolute atomic E-state index is 0.0367. The van der Waals surface area contributed by atoms with Gasteiger partial charge in [-0.25, -0.2) is 4.98 Å². The number of aryl methyl sites for hydroxylation is 1. The fourth-order valence-corrected chi connectivity index (χ4v) is 4.50. The first-order valence-electron chi connectivity index (χ1n) is 11.8. The third-order valence-electron chi connectivity index (χ3n) is 5.64. The molecular weight excluding hydrogens is 448 g/mol. The molecule has 0 spiro atoms. The van der Waals surface area contributed by atoms with Crippen LogP contribution in [0.4, 0.5) is 0 Å². The van der Waals surface area contributed by atoms with Gasteiger partial charge in [0.15, 0.2) is 0 Å². The van der Waals surface area contributed by atoms with Gasteiger partial charge in [-0.15, -0.1) is 11.3 Å². The van der Waals surface area contributed by atoms with E-state index in [4.69, 9.17) is 25.1 Å². The highest BCUT2D eigenvalue weighted by atomic mass is 32.1. The molecule has 0 amide bonds. The number of nitrogens with one attached hydrogen (secondary N) is 3. The second kappa shape index (κ2) is 12.0. The van der Waals surface area contributed by atoms with Gasteiger partial charge in [0.05, 0.1) is 23.9 Å². The number of nitrogens with zero attached hydrogens (tertiary/aromatic N) is 1. The highest BCUT2D eigenvalue weighted by Gasteiger charge is 2.21. The molecule has 1 aromatic heterocycles. The van der Waals surface area contributed by atoms with Gasteiger partial charge < -0.3 is 14.8 Å². The Hall–Kier alpha value is -2.94. The van der Waals surface area contributed by atoms with E-state index in [-0.39, 0.29) is 5.84 Å². The van der Waals surface area contributed by atoms with Gasteiger partial charge in [0, 0.05) is 28.6 Å². The Morgan fingerprint density at radius 1 is 1.00 bits per heavy atom. The molecule has 0 bridgehead atoms. The van der Waals surface area contributed by atoms with Crippen LogP contribution in [0.15, 0.2) is 48.5 Å². The van der Waals surface area contributed by atoms with Crippen molar-refractivity contribution in [3.63, 3.8) is 0 Å². The summed E-state index contributed by atoms with van der Waals surface area (Å²) in [5, 5.41) is 21.0. The summed E-state index contributed by atoms with van der Waals surface area (Å²) < 4.78 is 11.6. The van der Waals surface area contributed by atoms with Crippen LogP contribution in [0.2, 0.25) is 0 Å². The molecule has 0 aliphatic heterocycles. The van der Waals surface area contributed by atoms with Gasteiger partial charge in [-0.1, -0.05) is 0 Å². The maximum absolute atomic E-state index is 8.76. The maximum atomic E-state index is 8.76. The third-order valence-corrected chi connectivity index (χ3v) is 6.61. The molecule has 3 aromatic rings. The number of amidine groups is 1. The van der Waals surface area contributed by atoms with Crippen LogP contribution in [0, 0.1) is 12.3 Å². The first-order chi connectivity index (χ1) is 16.6. The Morgan fingerprint density at radius 2 is 1.62 bits per heavy atom. The monoisotopic (exact) mass is 480 g/mol. The topological polar surface area (TPSA) is 99.5 Å². The van der Waals surface area contributed by atoms with E-state index in [1.165, 1.54) is 17.7 Å². The molecule has 0 radical (unpaired) electrons. The van der Waals surface area contributed by atoms with Gasteiger partial charge in [-0.3, -0.25) is 16.1 Å². The smallest absolute Gasteiger partial charge is 0.149 e. The third kappa shape index (κ3) is 7.03. The van der Waals surface area contributed by atoms with Crippen molar-refractivity contribution in [1.29, 1.82) is 5.41 Å². The van der Waals surface area contributed by atoms with Crippen molar-refractivity contribution in [3.8, 4) is 22.8 Å². The normalized spacial score (nSPS) is 13.0. The zero-order valence-corrected chi connectivity index (χ0v) is 20.3. The Morgan fingerprint density at radius 3 is 2.21 bits per heavy atom. The molecule has 180 valence electrons. The summed E-state index contributed by atoms with van der Waals surface area (Å²) in [5.41, 5.74) is 4.66. The maximum Gasteiger partial charge on any atom is 0.149 e. The Balaban J connectivity index is 1.14. The van der Waals surface area contributed by atoms with E-state index in [9.17, 15) is 0 Å². The predicted octanol–water partition coefficient (Wildman–Crippen LogP) is 5.30. The summed E-state index contributed by atoms with van der Waals surface area (Å²) in [6, 6.07) is 16.0. The molecule has 8 heteroatoms. The van der Waals surface area contributed by atoms with Crippen molar-refractivity contribution in [3.05, 3.63) is 64.0 Å². The van der Waals surface area contributed by atoms with Gasteiger partial charge in [0.25, 0.3) is 0 Å². The molecule has 4 rings (SSSR count). The molecular formula is C26H32N4O3S. The SMILES string of the molecule is Cc1nc(-c2ccc(OCCCCCOc3ccc(C(=N)NO)cc3)cc2)c(CNC2CC2)s1. The van der Waals surface area contributed by atoms with Crippen LogP contribution in [0.1, 0.15) is 47.6 Å². The molecule has 0 saturated heterocycles. The van der Waals surface area contributed by atoms with Gasteiger partial charge in [-0.2, -0.15) is 0 Å². The fourth-order valence-electron chi connectivity index (χ4n) is 3.59. The molecule has 4 N–H and O–H groups in total. The lowest BCUT2D eigenvalue weighted by atomic mass is 10.1. The molecule has 0 unspecified atom stereocenters. The molecule has 2 aromatic carbocycles. The number of benzene rings is 2. The van der Waals surface area contributed by atoms with E-state index < -0.39 is 0 Å². The standard InChI is InChI=1S/C26H32N4O3S/c1-18-29-25(24(34-18)17-28-21-9-10-21)19-5-11-22(12-6-19)32-15-3-2-4-16-33-23-13-7-20(8-14-23)26(27)30-31/h5-8,11-14,21,28,31H,2-4,9-10,15-17H2,1H3,(H2,27,30). The van der Waals surface area contributed by atoms with Gasteiger partial charge in [0.2, 0.25) is 0 Å². The van der Waals surface area contributed by atoms with Crippen LogP contribution in [-0.4, -0.2) is 35.3 Å². The second-order valence-electron chi connectivity index (χ2n) is 8.45. The number of hydroxylamine groups is 1. The summed E-state index contributed by atoms with van der Waals surface area (Å²) in [5.74, 6) is 1.60. The van der Waals surface area contributed by atoms with Crippen LogP contribution >= 0.6 is 11.3 Å². The number of ether oxygens (including phenoxy) is 2. The number of unbranched alkanes of at least 4 members (excludes halogenated alkanes) is 2. The average Bonchev–Trinajstić information content (AvgIpc) is 3.62. The molecule has 34 heavy (non-hydrogen) atoms. The quantitative estimate of drug-likeness (QED) is 0.115. The van der Waals surface area contributed by atoms with E-state index in [0.717, 1.165) is 53.6 Å². The number of rotatable bonds is 13. The molecule has 1 aliphatic carbocycles. The van der Waals surface area contributed by atoms with Crippen molar-refractivity contribution in [2.24, 2.45) is 0 Å². The van der Waals surface area contributed by atoms with E-state index in [2.05, 4.69) is 24.4 Å². The molecule has 7 nitrogen and oxygen atoms in total. The highest BCUT2D eigenvalue weighted by molar-refractivity contribution is 7.12. The highest BCUT2D eigenvalue weighted by Crippen LogP contribution is 2.30. The zero-order chi connectivity index (χ0) is 23.8. The Kier molecular flexibility index (Phi) is 8.51. The molecule has 1 fully saturated rings. The van der Waals surface area contributed by atoms with Crippen LogP contribution < -0.4 is 20.3 Å². The summed E-state index contributed by atoms with van der Waals surface area (Å²) in [4.78, 5) is 6.06. The van der Waals surface area contributed by atoms with Crippen LogP contribution in [0.3, 0.4) is 0 Å². The first-order valence-corrected chi connectivity index (χ1v) is 12.6. The lowest BCUT2D eigenvalue weighted by Gasteiger charge is -2.09. The average molecular weight is 481 g/mol. The largest absolute Gasteiger partial charge is 0.494 e. The summed E-state index contributed by atoms with van der Waals surface area (Å²) >= 11 is 1.77. The fraction of sp³-hybridized carbons (Fsp3) is 0.385. The summed E-state index contributed by atoms with van der Waals surface area (Å²) in [6.07, 6.45) is 5.50. The molecule has 1 aliphatic rings. The minimum atomic E-state index is -0.0367. The van der Waals surface area contributed by atoms with Gasteiger partial charge in [0.1, 0.15) is 17.3 Å². The molecule has 1 heterocycles. The van der Waals surface area contributed by atoms with Crippen molar-refractivity contribution in [2.75, 3.05) is 13.2 Å². The van der Waals surface area contributed by atoms with E-state index in [0.29, 0.717) is 24.8 Å². The molecule has 1 saturated carbocycles. The molecule has 0 atom stereocenters. The van der Waals surface area contributed by atoms with Crippen molar-refractivity contribution in [1.82, 2.24) is 15.8 Å². The number of thiazole rings is 1. The zero-order valence-electron chi connectivity index (χ0n) is 19.5. The lowest BCUT2D eigenvalue weighted by Crippen LogP contribution is -2.18. The number of hydrogen-bond donors (Lipinski definition) is 4. The minimum Gasteiger partial charge on any atom is -0.494 e. The summed E-state index contributed by atoms with van der Waals surface area (Å²) in [6.45, 7) is 4.27. The van der Waals surface area contributed by atoms with Crippen LogP contribution in [-0.2, 0) is 6.54 Å².